The molecule has 0 spiro atoms. The van der Waals surface area contributed by atoms with Crippen LogP contribution < -0.4 is 5.32 Å². The molecule has 9 heteroatoms. The second kappa shape index (κ2) is 8.44. The average molecular weight is 417 g/mol. The SMILES string of the molecule is Cc1nc(CO)sc1-c1csc(NC(=O)C2CC(OCc3ccncc3)C2)n1. The lowest BCUT2D eigenvalue weighted by Crippen LogP contribution is -2.39. The number of hydrogen-bond acceptors (Lipinski definition) is 8. The van der Waals surface area contributed by atoms with Crippen LogP contribution in [0.1, 0.15) is 29.1 Å². The molecule has 7 nitrogen and oxygen atoms in total. The second-order valence-electron chi connectivity index (χ2n) is 6.66. The lowest BCUT2D eigenvalue weighted by molar-refractivity contribution is -0.129. The molecule has 0 radical (unpaired) electrons. The number of pyridine rings is 1. The number of nitrogens with one attached hydrogen (secondary N) is 1. The summed E-state index contributed by atoms with van der Waals surface area (Å²) < 4.78 is 5.84. The summed E-state index contributed by atoms with van der Waals surface area (Å²) in [4.78, 5) is 26.1. The highest BCUT2D eigenvalue weighted by Gasteiger charge is 2.35. The number of carbonyl (C=O) groups is 1. The second-order valence-corrected chi connectivity index (χ2v) is 8.61. The van der Waals surface area contributed by atoms with Gasteiger partial charge in [0.1, 0.15) is 5.01 Å². The van der Waals surface area contributed by atoms with Crippen LogP contribution in [0.4, 0.5) is 5.13 Å². The molecule has 1 fully saturated rings. The molecule has 0 unspecified atom stereocenters. The van der Waals surface area contributed by atoms with Crippen LogP contribution in [-0.2, 0) is 22.7 Å². The molecule has 146 valence electrons. The standard InChI is InChI=1S/C19H20N4O3S2/c1-11-17(28-16(8-24)21-11)15-10-27-19(22-15)23-18(25)13-6-14(7-13)26-9-12-2-4-20-5-3-12/h2-5,10,13-14,24H,6-9H2,1H3,(H,22,23,25). The average Bonchev–Trinajstić information content (AvgIpc) is 3.27. The van der Waals surface area contributed by atoms with Crippen molar-refractivity contribution < 1.29 is 14.6 Å². The summed E-state index contributed by atoms with van der Waals surface area (Å²) >= 11 is 2.82. The van der Waals surface area contributed by atoms with E-state index < -0.39 is 0 Å². The highest BCUT2D eigenvalue weighted by atomic mass is 32.1. The van der Waals surface area contributed by atoms with Crippen molar-refractivity contribution in [3.8, 4) is 10.6 Å². The maximum absolute atomic E-state index is 12.4. The molecule has 0 saturated heterocycles. The third kappa shape index (κ3) is 4.27. The summed E-state index contributed by atoms with van der Waals surface area (Å²) in [6, 6.07) is 3.86. The number of nitrogens with zero attached hydrogens (tertiary/aromatic N) is 3. The molecule has 3 aromatic rings. The quantitative estimate of drug-likeness (QED) is 0.613. The monoisotopic (exact) mass is 416 g/mol. The Bertz CT molecular complexity index is 951. The van der Waals surface area contributed by atoms with Gasteiger partial charge in [-0.1, -0.05) is 0 Å². The summed E-state index contributed by atoms with van der Waals surface area (Å²) in [5.74, 6) is -0.0531. The van der Waals surface area contributed by atoms with E-state index >= 15 is 0 Å². The van der Waals surface area contributed by atoms with E-state index in [1.54, 1.807) is 12.4 Å². The van der Waals surface area contributed by atoms with Crippen LogP contribution in [0.5, 0.6) is 0 Å². The summed E-state index contributed by atoms with van der Waals surface area (Å²) in [6.07, 6.45) is 5.06. The molecule has 1 aliphatic rings. The van der Waals surface area contributed by atoms with Crippen molar-refractivity contribution in [2.24, 2.45) is 5.92 Å². The van der Waals surface area contributed by atoms with Crippen molar-refractivity contribution in [3.63, 3.8) is 0 Å². The Hall–Kier alpha value is -2.20. The van der Waals surface area contributed by atoms with E-state index in [9.17, 15) is 9.90 Å². The van der Waals surface area contributed by atoms with E-state index in [1.165, 1.54) is 22.7 Å². The fourth-order valence-electron chi connectivity index (χ4n) is 3.01. The van der Waals surface area contributed by atoms with Crippen LogP contribution in [-0.4, -0.2) is 32.1 Å². The summed E-state index contributed by atoms with van der Waals surface area (Å²) in [7, 11) is 0. The highest BCUT2D eigenvalue weighted by molar-refractivity contribution is 7.17. The predicted octanol–water partition coefficient (Wildman–Crippen LogP) is 3.40. The third-order valence-electron chi connectivity index (χ3n) is 4.64. The number of anilines is 1. The third-order valence-corrected chi connectivity index (χ3v) is 6.57. The van der Waals surface area contributed by atoms with Gasteiger partial charge in [0.15, 0.2) is 5.13 Å². The van der Waals surface area contributed by atoms with Crippen LogP contribution >= 0.6 is 22.7 Å². The van der Waals surface area contributed by atoms with Crippen molar-refractivity contribution in [2.45, 2.75) is 39.1 Å². The molecule has 0 aliphatic heterocycles. The molecule has 3 heterocycles. The Morgan fingerprint density at radius 2 is 2.11 bits per heavy atom. The van der Waals surface area contributed by atoms with Crippen molar-refractivity contribution in [3.05, 3.63) is 46.2 Å². The van der Waals surface area contributed by atoms with Crippen molar-refractivity contribution in [2.75, 3.05) is 5.32 Å². The lowest BCUT2D eigenvalue weighted by atomic mass is 9.81. The molecule has 4 rings (SSSR count). The van der Waals surface area contributed by atoms with Gasteiger partial charge in [-0.05, 0) is 37.5 Å². The normalized spacial score (nSPS) is 18.6. The van der Waals surface area contributed by atoms with Crippen LogP contribution in [0, 0.1) is 12.8 Å². The van der Waals surface area contributed by atoms with E-state index in [1.807, 2.05) is 24.4 Å². The van der Waals surface area contributed by atoms with Gasteiger partial charge in [-0.3, -0.25) is 9.78 Å². The Labute approximate surface area is 170 Å². The Balaban J connectivity index is 1.27. The molecule has 0 aromatic carbocycles. The largest absolute Gasteiger partial charge is 0.389 e. The van der Waals surface area contributed by atoms with E-state index in [0.717, 1.165) is 34.7 Å². The lowest BCUT2D eigenvalue weighted by Gasteiger charge is -2.33. The first-order valence-corrected chi connectivity index (χ1v) is 10.7. The van der Waals surface area contributed by atoms with Crippen molar-refractivity contribution in [1.29, 1.82) is 0 Å². The number of rotatable bonds is 7. The zero-order chi connectivity index (χ0) is 19.5. The fourth-order valence-corrected chi connectivity index (χ4v) is 4.67. The number of amides is 1. The number of aliphatic hydroxyl groups excluding tert-OH is 1. The molecule has 0 bridgehead atoms. The Morgan fingerprint density at radius 1 is 1.32 bits per heavy atom. The van der Waals surface area contributed by atoms with Gasteiger partial charge < -0.3 is 15.2 Å². The number of carbonyl (C=O) groups excluding carboxylic acids is 1. The molecule has 2 N–H and O–H groups in total. The first-order valence-electron chi connectivity index (χ1n) is 8.97. The summed E-state index contributed by atoms with van der Waals surface area (Å²) in [5.41, 5.74) is 2.70. The first-order chi connectivity index (χ1) is 13.6. The Kier molecular flexibility index (Phi) is 5.77. The van der Waals surface area contributed by atoms with Crippen molar-refractivity contribution >= 4 is 33.7 Å². The van der Waals surface area contributed by atoms with Crippen LogP contribution in [0.3, 0.4) is 0 Å². The molecule has 1 saturated carbocycles. The van der Waals surface area contributed by atoms with Gasteiger partial charge in [-0.25, -0.2) is 9.97 Å². The van der Waals surface area contributed by atoms with Gasteiger partial charge in [0, 0.05) is 23.7 Å². The molecule has 0 atom stereocenters. The van der Waals surface area contributed by atoms with E-state index in [4.69, 9.17) is 4.74 Å². The van der Waals surface area contributed by atoms with Gasteiger partial charge in [-0.15, -0.1) is 22.7 Å². The van der Waals surface area contributed by atoms with Gasteiger partial charge in [-0.2, -0.15) is 0 Å². The minimum Gasteiger partial charge on any atom is -0.389 e. The smallest absolute Gasteiger partial charge is 0.229 e. The van der Waals surface area contributed by atoms with Gasteiger partial charge in [0.2, 0.25) is 5.91 Å². The van der Waals surface area contributed by atoms with E-state index in [-0.39, 0.29) is 24.5 Å². The van der Waals surface area contributed by atoms with Gasteiger partial charge >= 0.3 is 0 Å². The molecular weight excluding hydrogens is 396 g/mol. The zero-order valence-electron chi connectivity index (χ0n) is 15.3. The predicted molar refractivity (Wildman–Crippen MR) is 108 cm³/mol. The minimum absolute atomic E-state index is 0.0123. The van der Waals surface area contributed by atoms with Gasteiger partial charge in [0.05, 0.1) is 35.6 Å². The molecule has 28 heavy (non-hydrogen) atoms. The number of aliphatic hydroxyl groups is 1. The fraction of sp³-hybridized carbons (Fsp3) is 0.368. The maximum atomic E-state index is 12.4. The number of aromatic nitrogens is 3. The van der Waals surface area contributed by atoms with Crippen LogP contribution in [0.2, 0.25) is 0 Å². The van der Waals surface area contributed by atoms with Gasteiger partial charge in [0.25, 0.3) is 0 Å². The Morgan fingerprint density at radius 3 is 2.82 bits per heavy atom. The molecule has 1 amide bonds. The molecule has 1 aliphatic carbocycles. The number of hydrogen-bond donors (Lipinski definition) is 2. The maximum Gasteiger partial charge on any atom is 0.229 e. The van der Waals surface area contributed by atoms with Crippen LogP contribution in [0.25, 0.3) is 10.6 Å². The van der Waals surface area contributed by atoms with E-state index in [0.29, 0.717) is 16.7 Å². The molecule has 3 aromatic heterocycles. The zero-order valence-corrected chi connectivity index (χ0v) is 16.9. The summed E-state index contributed by atoms with van der Waals surface area (Å²) in [5, 5.41) is 15.3. The first kappa shape index (κ1) is 19.1. The minimum atomic E-state index is -0.0781. The summed E-state index contributed by atoms with van der Waals surface area (Å²) in [6.45, 7) is 2.36. The molecular formula is C19H20N4O3S2. The topological polar surface area (TPSA) is 97.2 Å². The van der Waals surface area contributed by atoms with Crippen LogP contribution in [0.15, 0.2) is 29.9 Å². The van der Waals surface area contributed by atoms with E-state index in [2.05, 4.69) is 20.3 Å². The highest BCUT2D eigenvalue weighted by Crippen LogP contribution is 2.34. The number of aryl methyl sites for hydroxylation is 1. The number of thiazole rings is 2. The van der Waals surface area contributed by atoms with Crippen molar-refractivity contribution in [1.82, 2.24) is 15.0 Å². The number of ether oxygens (including phenoxy) is 1.